The van der Waals surface area contributed by atoms with Crippen LogP contribution in [-0.4, -0.2) is 38.7 Å². The molecule has 0 radical (unpaired) electrons. The minimum Gasteiger partial charge on any atom is -0.456 e. The Morgan fingerprint density at radius 1 is 1.08 bits per heavy atom. The van der Waals surface area contributed by atoms with Crippen molar-refractivity contribution < 1.29 is 22.7 Å². The number of aliphatic imine (C=N–C) groups is 1. The van der Waals surface area contributed by atoms with Gasteiger partial charge in [0.25, 0.3) is 10.0 Å². The number of fused-ring (bicyclic) bond motifs is 1. The average molecular weight is 372 g/mol. The van der Waals surface area contributed by atoms with Crippen LogP contribution in [0.1, 0.15) is 22.8 Å². The average Bonchev–Trinajstić information content (AvgIpc) is 2.90. The van der Waals surface area contributed by atoms with Crippen LogP contribution in [0.5, 0.6) is 0 Å². The van der Waals surface area contributed by atoms with Gasteiger partial charge in [0.05, 0.1) is 4.90 Å². The van der Waals surface area contributed by atoms with E-state index >= 15 is 0 Å². The van der Waals surface area contributed by atoms with E-state index in [2.05, 4.69) is 9.71 Å². The molecule has 1 heterocycles. The molecule has 0 spiro atoms. The molecular formula is C18H16N2O5S. The SMILES string of the molecule is C[C@H](N=C1NS(=O)(=O)c2ccccc21)C(=O)OCC(=O)c1ccccc1. The smallest absolute Gasteiger partial charge is 0.331 e. The molecule has 3 rings (SSSR count). The number of ether oxygens (including phenoxy) is 1. The number of esters is 1. The van der Waals surface area contributed by atoms with Gasteiger partial charge >= 0.3 is 5.97 Å². The summed E-state index contributed by atoms with van der Waals surface area (Å²) in [4.78, 5) is 28.3. The maximum Gasteiger partial charge on any atom is 0.331 e. The van der Waals surface area contributed by atoms with Crippen molar-refractivity contribution in [1.29, 1.82) is 0 Å². The fourth-order valence-electron chi connectivity index (χ4n) is 2.44. The van der Waals surface area contributed by atoms with E-state index in [1.807, 2.05) is 0 Å². The maximum atomic E-state index is 12.1. The first-order valence-corrected chi connectivity index (χ1v) is 9.32. The lowest BCUT2D eigenvalue weighted by molar-refractivity contribution is -0.143. The highest BCUT2D eigenvalue weighted by atomic mass is 32.2. The molecule has 26 heavy (non-hydrogen) atoms. The first-order valence-electron chi connectivity index (χ1n) is 7.83. The number of nitrogens with zero attached hydrogens (tertiary/aromatic N) is 1. The van der Waals surface area contributed by atoms with Gasteiger partial charge in [0, 0.05) is 11.1 Å². The van der Waals surface area contributed by atoms with Crippen molar-refractivity contribution in [2.75, 3.05) is 6.61 Å². The van der Waals surface area contributed by atoms with Gasteiger partial charge in [-0.2, -0.15) is 0 Å². The van der Waals surface area contributed by atoms with Gasteiger partial charge in [-0.05, 0) is 19.1 Å². The van der Waals surface area contributed by atoms with Crippen LogP contribution in [0.25, 0.3) is 0 Å². The molecule has 1 N–H and O–H groups in total. The highest BCUT2D eigenvalue weighted by Crippen LogP contribution is 2.22. The number of rotatable bonds is 5. The highest BCUT2D eigenvalue weighted by Gasteiger charge is 2.31. The quantitative estimate of drug-likeness (QED) is 0.634. The van der Waals surface area contributed by atoms with Crippen LogP contribution in [0.4, 0.5) is 0 Å². The van der Waals surface area contributed by atoms with Gasteiger partial charge in [-0.25, -0.2) is 13.2 Å². The number of hydrogen-bond donors (Lipinski definition) is 1. The van der Waals surface area contributed by atoms with Crippen LogP contribution in [0, 0.1) is 0 Å². The Morgan fingerprint density at radius 2 is 1.73 bits per heavy atom. The summed E-state index contributed by atoms with van der Waals surface area (Å²) >= 11 is 0. The lowest BCUT2D eigenvalue weighted by atomic mass is 10.1. The van der Waals surface area contributed by atoms with Crippen LogP contribution >= 0.6 is 0 Å². The van der Waals surface area contributed by atoms with Crippen LogP contribution in [-0.2, 0) is 19.6 Å². The Balaban J connectivity index is 1.68. The predicted octanol–water partition coefficient (Wildman–Crippen LogP) is 1.54. The third kappa shape index (κ3) is 3.65. The van der Waals surface area contributed by atoms with Crippen LogP contribution in [0.3, 0.4) is 0 Å². The number of nitrogens with one attached hydrogen (secondary N) is 1. The predicted molar refractivity (Wildman–Crippen MR) is 94.5 cm³/mol. The monoisotopic (exact) mass is 372 g/mol. The molecule has 1 aliphatic heterocycles. The summed E-state index contributed by atoms with van der Waals surface area (Å²) in [5.41, 5.74) is 0.837. The first-order chi connectivity index (χ1) is 12.4. The van der Waals surface area contributed by atoms with Crippen molar-refractivity contribution in [3.63, 3.8) is 0 Å². The summed E-state index contributed by atoms with van der Waals surface area (Å²) < 4.78 is 31.4. The maximum absolute atomic E-state index is 12.1. The zero-order valence-corrected chi connectivity index (χ0v) is 14.7. The van der Waals surface area contributed by atoms with Gasteiger partial charge in [0.2, 0.25) is 0 Å². The van der Waals surface area contributed by atoms with Gasteiger partial charge in [-0.15, -0.1) is 0 Å². The normalized spacial score (nSPS) is 17.2. The highest BCUT2D eigenvalue weighted by molar-refractivity contribution is 7.90. The van der Waals surface area contributed by atoms with E-state index in [1.54, 1.807) is 48.5 Å². The van der Waals surface area contributed by atoms with E-state index in [0.717, 1.165) is 0 Å². The fraction of sp³-hybridized carbons (Fsp3) is 0.167. The number of carbonyl (C=O) groups excluding carboxylic acids is 2. The van der Waals surface area contributed by atoms with Gasteiger partial charge in [-0.3, -0.25) is 14.5 Å². The summed E-state index contributed by atoms with van der Waals surface area (Å²) in [6.45, 7) is 1.07. The zero-order chi connectivity index (χ0) is 18.7. The number of ketones is 1. The lowest BCUT2D eigenvalue weighted by Gasteiger charge is -2.08. The van der Waals surface area contributed by atoms with Crippen molar-refractivity contribution in [3.8, 4) is 0 Å². The zero-order valence-electron chi connectivity index (χ0n) is 13.9. The molecule has 0 aliphatic carbocycles. The van der Waals surface area contributed by atoms with Crippen molar-refractivity contribution in [2.45, 2.75) is 17.9 Å². The minimum atomic E-state index is -3.67. The van der Waals surface area contributed by atoms with Gasteiger partial charge in [0.1, 0.15) is 11.9 Å². The lowest BCUT2D eigenvalue weighted by Crippen LogP contribution is -2.27. The second kappa shape index (κ2) is 7.09. The van der Waals surface area contributed by atoms with Crippen LogP contribution in [0.2, 0.25) is 0 Å². The summed E-state index contributed by atoms with van der Waals surface area (Å²) in [6, 6.07) is 13.8. The van der Waals surface area contributed by atoms with Crippen molar-refractivity contribution >= 4 is 27.6 Å². The molecule has 134 valence electrons. The molecule has 0 bridgehead atoms. The Kier molecular flexibility index (Phi) is 4.85. The molecule has 0 fully saturated rings. The van der Waals surface area contributed by atoms with Crippen LogP contribution < -0.4 is 4.72 Å². The third-order valence-corrected chi connectivity index (χ3v) is 5.16. The van der Waals surface area contributed by atoms with Gasteiger partial charge in [0.15, 0.2) is 12.4 Å². The van der Waals surface area contributed by atoms with Crippen molar-refractivity contribution in [3.05, 3.63) is 65.7 Å². The van der Waals surface area contributed by atoms with E-state index in [1.165, 1.54) is 13.0 Å². The number of amidine groups is 1. The standard InChI is InChI=1S/C18H16N2O5S/c1-12(18(22)25-11-15(21)13-7-3-2-4-8-13)19-17-14-9-5-6-10-16(14)26(23,24)20-17/h2-10,12H,11H2,1H3,(H,19,20)/t12-/m0/s1. The molecule has 0 saturated carbocycles. The van der Waals surface area contributed by atoms with E-state index in [-0.39, 0.29) is 16.5 Å². The van der Waals surface area contributed by atoms with Crippen molar-refractivity contribution in [1.82, 2.24) is 4.72 Å². The number of carbonyl (C=O) groups is 2. The number of Topliss-reactive ketones (excluding diaryl/α,β-unsaturated/α-hetero) is 1. The number of benzene rings is 2. The number of hydrogen-bond acceptors (Lipinski definition) is 6. The molecular weight excluding hydrogens is 356 g/mol. The summed E-state index contributed by atoms with van der Waals surface area (Å²) in [6.07, 6.45) is 0. The molecule has 1 aliphatic rings. The van der Waals surface area contributed by atoms with Gasteiger partial charge < -0.3 is 4.74 Å². The fourth-order valence-corrected chi connectivity index (χ4v) is 3.68. The molecule has 1 atom stereocenters. The summed E-state index contributed by atoms with van der Waals surface area (Å²) in [5, 5.41) is 0. The molecule has 8 heteroatoms. The second-order valence-electron chi connectivity index (χ2n) is 5.65. The third-order valence-electron chi connectivity index (χ3n) is 3.77. The first kappa shape index (κ1) is 17.8. The Hall–Kier alpha value is -3.00. The molecule has 2 aromatic carbocycles. The Morgan fingerprint density at radius 3 is 2.46 bits per heavy atom. The Labute approximate surface area is 150 Å². The van der Waals surface area contributed by atoms with E-state index in [9.17, 15) is 18.0 Å². The molecule has 2 aromatic rings. The second-order valence-corrected chi connectivity index (χ2v) is 7.30. The molecule has 7 nitrogen and oxygen atoms in total. The van der Waals surface area contributed by atoms with E-state index in [0.29, 0.717) is 11.1 Å². The topological polar surface area (TPSA) is 102 Å². The van der Waals surface area contributed by atoms with E-state index in [4.69, 9.17) is 4.74 Å². The molecule has 0 unspecified atom stereocenters. The van der Waals surface area contributed by atoms with Crippen molar-refractivity contribution in [2.24, 2.45) is 4.99 Å². The summed E-state index contributed by atoms with van der Waals surface area (Å²) in [7, 11) is -3.67. The minimum absolute atomic E-state index is 0.0828. The van der Waals surface area contributed by atoms with Gasteiger partial charge in [-0.1, -0.05) is 42.5 Å². The largest absolute Gasteiger partial charge is 0.456 e. The Bertz CT molecular complexity index is 984. The van der Waals surface area contributed by atoms with E-state index < -0.39 is 28.6 Å². The number of sulfonamides is 1. The molecule has 0 amide bonds. The summed E-state index contributed by atoms with van der Waals surface area (Å²) in [5.74, 6) is -0.962. The van der Waals surface area contributed by atoms with Crippen LogP contribution in [0.15, 0.2) is 64.5 Å². The molecule has 0 aromatic heterocycles. The molecule has 0 saturated heterocycles.